The molecule has 0 radical (unpaired) electrons. The first-order valence-corrected chi connectivity index (χ1v) is 13.7. The van der Waals surface area contributed by atoms with Crippen molar-refractivity contribution in [1.82, 2.24) is 4.90 Å². The van der Waals surface area contributed by atoms with Gasteiger partial charge in [-0.2, -0.15) is 5.26 Å². The molecule has 12 nitrogen and oxygen atoms in total. The molecule has 0 fully saturated rings. The summed E-state index contributed by atoms with van der Waals surface area (Å²) in [6, 6.07) is 9.59. The van der Waals surface area contributed by atoms with Crippen LogP contribution in [0, 0.1) is 23.2 Å². The van der Waals surface area contributed by atoms with E-state index in [9.17, 15) is 34.8 Å². The average Bonchev–Trinajstić information content (AvgIpc) is 2.94. The third kappa shape index (κ3) is 4.40. The lowest BCUT2D eigenvalue weighted by Gasteiger charge is -2.50. The number of rotatable bonds is 6. The minimum atomic E-state index is -2.70. The fourth-order valence-electron chi connectivity index (χ4n) is 6.73. The summed E-state index contributed by atoms with van der Waals surface area (Å²) in [7, 11) is 6.75. The number of carbonyl (C=O) groups excluding carboxylic acids is 3. The number of hydrogen-bond donors (Lipinski definition) is 6. The predicted octanol–water partition coefficient (Wildman–Crippen LogP) is 1.67. The van der Waals surface area contributed by atoms with Crippen molar-refractivity contribution < 1.29 is 34.8 Å². The Hall–Kier alpha value is -4.86. The number of nitrogens with one attached hydrogen (secondary N) is 1. The zero-order chi connectivity index (χ0) is 31.5. The number of benzene rings is 2. The van der Waals surface area contributed by atoms with Crippen LogP contribution < -0.4 is 16.0 Å². The molecule has 3 aliphatic rings. The fraction of sp³-hybridized carbons (Fsp3) is 0.355. The number of fused-ring (bicyclic) bond motifs is 3. The number of carbonyl (C=O) groups is 3. The van der Waals surface area contributed by atoms with Gasteiger partial charge in [0.2, 0.25) is 5.78 Å². The molecule has 2 aromatic rings. The van der Waals surface area contributed by atoms with Crippen LogP contribution in [0.4, 0.5) is 11.4 Å². The molecule has 43 heavy (non-hydrogen) atoms. The van der Waals surface area contributed by atoms with E-state index in [0.29, 0.717) is 16.8 Å². The number of amides is 1. The van der Waals surface area contributed by atoms with Gasteiger partial charge in [-0.05, 0) is 62.2 Å². The maximum Gasteiger partial charge on any atom is 0.255 e. The van der Waals surface area contributed by atoms with E-state index < -0.39 is 58.0 Å². The standard InChI is InChI=1S/C31H33N5O7/c1-35(2)20-11-19(34-13-15-7-5-14(12-32)6-8-15)25(37)22-17(20)9-16-10-18-24(36(3)4)27(39)23(30(33)42)29(41)31(18,43)28(40)21(16)26(22)38/h5-8,11,16,18,24,34,37,39-40,43H,9-10,13H2,1-4H3,(H2,33,42)/t16-,18-,24-,31-/m1/s1. The number of aliphatic hydroxyl groups is 3. The third-order valence-corrected chi connectivity index (χ3v) is 8.75. The zero-order valence-corrected chi connectivity index (χ0v) is 24.2. The molecule has 1 amide bonds. The third-order valence-electron chi connectivity index (χ3n) is 8.75. The molecule has 2 aromatic carbocycles. The Bertz CT molecular complexity index is 1670. The van der Waals surface area contributed by atoms with Gasteiger partial charge in [-0.1, -0.05) is 12.1 Å². The van der Waals surface area contributed by atoms with Gasteiger partial charge in [0.05, 0.1) is 28.9 Å². The van der Waals surface area contributed by atoms with Crippen LogP contribution in [0.15, 0.2) is 53.0 Å². The van der Waals surface area contributed by atoms with Gasteiger partial charge >= 0.3 is 0 Å². The molecular formula is C31H33N5O7. The van der Waals surface area contributed by atoms with Gasteiger partial charge in [-0.15, -0.1) is 0 Å². The minimum Gasteiger partial charge on any atom is -0.510 e. The van der Waals surface area contributed by atoms with Crippen molar-refractivity contribution in [3.63, 3.8) is 0 Å². The van der Waals surface area contributed by atoms with Gasteiger partial charge in [-0.25, -0.2) is 0 Å². The van der Waals surface area contributed by atoms with Crippen molar-refractivity contribution >= 4 is 28.8 Å². The topological polar surface area (TPSA) is 200 Å². The van der Waals surface area contributed by atoms with Crippen LogP contribution in [-0.2, 0) is 22.6 Å². The van der Waals surface area contributed by atoms with Crippen molar-refractivity contribution in [3.05, 3.63) is 75.3 Å². The highest BCUT2D eigenvalue weighted by Gasteiger charge is 2.63. The van der Waals surface area contributed by atoms with E-state index in [2.05, 4.69) is 11.4 Å². The number of hydrogen-bond acceptors (Lipinski definition) is 11. The number of aliphatic hydroxyl groups excluding tert-OH is 2. The maximum absolute atomic E-state index is 14.1. The van der Waals surface area contributed by atoms with Gasteiger partial charge in [0, 0.05) is 37.8 Å². The number of nitriles is 1. The van der Waals surface area contributed by atoms with Gasteiger partial charge in [0.1, 0.15) is 22.8 Å². The molecule has 0 heterocycles. The van der Waals surface area contributed by atoms with Crippen LogP contribution in [-0.4, -0.2) is 82.6 Å². The number of ketones is 2. The summed E-state index contributed by atoms with van der Waals surface area (Å²) in [4.78, 5) is 43.1. The van der Waals surface area contributed by atoms with Gasteiger partial charge in [-0.3, -0.25) is 19.3 Å². The quantitative estimate of drug-likeness (QED) is 0.212. The molecule has 0 saturated heterocycles. The Morgan fingerprint density at radius 2 is 1.79 bits per heavy atom. The monoisotopic (exact) mass is 587 g/mol. The highest BCUT2D eigenvalue weighted by Crippen LogP contribution is 2.53. The largest absolute Gasteiger partial charge is 0.510 e. The lowest BCUT2D eigenvalue weighted by molar-refractivity contribution is -0.148. The lowest BCUT2D eigenvalue weighted by Crippen LogP contribution is -2.63. The van der Waals surface area contributed by atoms with Crippen LogP contribution in [0.5, 0.6) is 5.75 Å². The number of likely N-dealkylation sites (N-methyl/N-ethyl adjacent to an activating group) is 1. The Morgan fingerprint density at radius 1 is 1.14 bits per heavy atom. The van der Waals surface area contributed by atoms with Crippen LogP contribution in [0.1, 0.15) is 33.5 Å². The van der Waals surface area contributed by atoms with Gasteiger partial charge < -0.3 is 36.4 Å². The Labute approximate surface area is 247 Å². The fourth-order valence-corrected chi connectivity index (χ4v) is 6.73. The van der Waals surface area contributed by atoms with E-state index in [1.807, 2.05) is 0 Å². The molecular weight excluding hydrogens is 554 g/mol. The number of aromatic hydroxyl groups is 1. The molecule has 5 rings (SSSR count). The van der Waals surface area contributed by atoms with Crippen molar-refractivity contribution in [1.29, 1.82) is 5.26 Å². The first kappa shape index (κ1) is 29.6. The number of nitrogens with zero attached hydrogens (tertiary/aromatic N) is 3. The first-order chi connectivity index (χ1) is 20.2. The number of primary amides is 1. The number of nitrogens with two attached hydrogens (primary N) is 1. The second-order valence-electron chi connectivity index (χ2n) is 11.7. The summed E-state index contributed by atoms with van der Waals surface area (Å²) < 4.78 is 0. The summed E-state index contributed by atoms with van der Waals surface area (Å²) in [5, 5.41) is 57.8. The van der Waals surface area contributed by atoms with E-state index in [-0.39, 0.29) is 42.0 Å². The highest BCUT2D eigenvalue weighted by atomic mass is 16.3. The second-order valence-corrected chi connectivity index (χ2v) is 11.7. The molecule has 0 aromatic heterocycles. The molecule has 0 bridgehead atoms. The second kappa shape index (κ2) is 10.4. The Kier molecular flexibility index (Phi) is 7.20. The molecule has 0 saturated carbocycles. The summed E-state index contributed by atoms with van der Waals surface area (Å²) >= 11 is 0. The summed E-state index contributed by atoms with van der Waals surface area (Å²) in [5.41, 5.74) is 4.30. The number of allylic oxidation sites excluding steroid dienone is 1. The summed E-state index contributed by atoms with van der Waals surface area (Å²) in [5.74, 6) is -6.94. The number of phenolic OH excluding ortho intramolecular Hbond substituents is 1. The molecule has 0 aliphatic heterocycles. The molecule has 0 unspecified atom stereocenters. The van der Waals surface area contributed by atoms with Crippen LogP contribution in [0.3, 0.4) is 0 Å². The highest BCUT2D eigenvalue weighted by molar-refractivity contribution is 6.25. The van der Waals surface area contributed by atoms with E-state index in [1.165, 1.54) is 4.90 Å². The van der Waals surface area contributed by atoms with E-state index in [1.54, 1.807) is 63.4 Å². The van der Waals surface area contributed by atoms with Crippen LogP contribution in [0.25, 0.3) is 0 Å². The number of phenols is 1. The average molecular weight is 588 g/mol. The van der Waals surface area contributed by atoms with Crippen molar-refractivity contribution in [2.75, 3.05) is 38.4 Å². The smallest absolute Gasteiger partial charge is 0.255 e. The van der Waals surface area contributed by atoms with E-state index >= 15 is 0 Å². The van der Waals surface area contributed by atoms with Crippen LogP contribution >= 0.6 is 0 Å². The van der Waals surface area contributed by atoms with E-state index in [4.69, 9.17) is 11.0 Å². The molecule has 224 valence electrons. The lowest BCUT2D eigenvalue weighted by atomic mass is 9.58. The minimum absolute atomic E-state index is 0.0120. The van der Waals surface area contributed by atoms with Crippen molar-refractivity contribution in [3.8, 4) is 11.8 Å². The predicted molar refractivity (Wildman–Crippen MR) is 156 cm³/mol. The Balaban J connectivity index is 1.63. The number of Topliss-reactive ketones (excluding diaryl/α,β-unsaturated/α-hetero) is 2. The SMILES string of the molecule is CN(C)c1cc(NCc2ccc(C#N)cc2)c(O)c2c1C[C@@H]1C[C@@H]3[C@@H](N(C)C)C(O)=C(C(N)=O)C(=O)[C@]3(O)C(O)=C1C2=O. The summed E-state index contributed by atoms with van der Waals surface area (Å²) in [6.45, 7) is 0.267. The van der Waals surface area contributed by atoms with Crippen molar-refractivity contribution in [2.45, 2.75) is 31.0 Å². The molecule has 4 atom stereocenters. The van der Waals surface area contributed by atoms with Crippen molar-refractivity contribution in [2.24, 2.45) is 17.6 Å². The Morgan fingerprint density at radius 3 is 2.35 bits per heavy atom. The zero-order valence-electron chi connectivity index (χ0n) is 24.2. The summed E-state index contributed by atoms with van der Waals surface area (Å²) in [6.07, 6.45) is 0.198. The molecule has 7 N–H and O–H groups in total. The van der Waals surface area contributed by atoms with Gasteiger partial charge in [0.15, 0.2) is 11.4 Å². The van der Waals surface area contributed by atoms with E-state index in [0.717, 1.165) is 5.56 Å². The maximum atomic E-state index is 14.1. The molecule has 3 aliphatic carbocycles. The number of anilines is 2. The normalized spacial score (nSPS) is 24.7. The molecule has 12 heteroatoms. The van der Waals surface area contributed by atoms with Gasteiger partial charge in [0.25, 0.3) is 5.91 Å². The first-order valence-electron chi connectivity index (χ1n) is 13.7. The molecule has 0 spiro atoms. The van der Waals surface area contributed by atoms with Crippen LogP contribution in [0.2, 0.25) is 0 Å².